The van der Waals surface area contributed by atoms with Gasteiger partial charge in [0, 0.05) is 6.92 Å². The lowest BCUT2D eigenvalue weighted by molar-refractivity contribution is -0.139. The van der Waals surface area contributed by atoms with Gasteiger partial charge in [-0.1, -0.05) is 54.6 Å². The standard InChI is InChI=1S/C25H26O2P.ClH/c1-21(18-19-27-22(2)26)20-28(23-12-6-3-7-13-23,24-14-8-4-9-15-24)25-16-10-5-11-17-25;/h3-18H,19-20H2,1-2H3;1H/q+1;/p-1/b21-18-;. The van der Waals surface area contributed by atoms with E-state index in [9.17, 15) is 4.79 Å². The molecule has 3 aromatic rings. The van der Waals surface area contributed by atoms with E-state index in [0.29, 0.717) is 6.61 Å². The molecule has 0 unspecified atom stereocenters. The number of hydrogen-bond donors (Lipinski definition) is 0. The van der Waals surface area contributed by atoms with Gasteiger partial charge >= 0.3 is 5.97 Å². The quantitative estimate of drug-likeness (QED) is 0.326. The first-order chi connectivity index (χ1) is 13.6. The molecular weight excluding hydrogens is 399 g/mol. The summed E-state index contributed by atoms with van der Waals surface area (Å²) < 4.78 is 5.14. The molecule has 2 nitrogen and oxygen atoms in total. The molecule has 0 N–H and O–H groups in total. The Bertz CT molecular complexity index is 828. The minimum absolute atomic E-state index is 0. The number of allylic oxidation sites excluding steroid dienone is 1. The average Bonchev–Trinajstić information content (AvgIpc) is 2.74. The van der Waals surface area contributed by atoms with Crippen LogP contribution in [0.15, 0.2) is 103 Å². The van der Waals surface area contributed by atoms with Gasteiger partial charge in [-0.15, -0.1) is 0 Å². The zero-order valence-electron chi connectivity index (χ0n) is 16.8. The fraction of sp³-hybridized carbons (Fsp3) is 0.160. The van der Waals surface area contributed by atoms with Crippen molar-refractivity contribution in [2.24, 2.45) is 0 Å². The Morgan fingerprint density at radius 3 is 1.48 bits per heavy atom. The molecular formula is C25H26ClO2P. The smallest absolute Gasteiger partial charge is 0.302 e. The van der Waals surface area contributed by atoms with E-state index in [0.717, 1.165) is 6.16 Å². The van der Waals surface area contributed by atoms with Crippen LogP contribution in [0.2, 0.25) is 0 Å². The predicted molar refractivity (Wildman–Crippen MR) is 120 cm³/mol. The lowest BCUT2D eigenvalue weighted by Crippen LogP contribution is -3.00. The average molecular weight is 425 g/mol. The lowest BCUT2D eigenvalue weighted by Gasteiger charge is -2.28. The van der Waals surface area contributed by atoms with Crippen LogP contribution < -0.4 is 28.3 Å². The molecule has 0 radical (unpaired) electrons. The van der Waals surface area contributed by atoms with Crippen LogP contribution in [0.25, 0.3) is 0 Å². The molecule has 3 rings (SSSR count). The van der Waals surface area contributed by atoms with Gasteiger partial charge in [0.1, 0.15) is 29.8 Å². The van der Waals surface area contributed by atoms with Gasteiger partial charge in [-0.05, 0) is 55.0 Å². The largest absolute Gasteiger partial charge is 1.00 e. The molecule has 0 atom stereocenters. The predicted octanol–water partition coefficient (Wildman–Crippen LogP) is 1.49. The molecule has 29 heavy (non-hydrogen) atoms. The highest BCUT2D eigenvalue weighted by Gasteiger charge is 2.45. The Balaban J connectivity index is 0.00000300. The van der Waals surface area contributed by atoms with Crippen molar-refractivity contribution >= 4 is 29.1 Å². The number of esters is 1. The first-order valence-electron chi connectivity index (χ1n) is 9.47. The van der Waals surface area contributed by atoms with Crippen LogP contribution in [0.3, 0.4) is 0 Å². The third-order valence-corrected chi connectivity index (χ3v) is 9.31. The fourth-order valence-electron chi connectivity index (χ4n) is 3.51. The zero-order chi connectivity index (χ0) is 19.8. The molecule has 4 heteroatoms. The molecule has 0 bridgehead atoms. The highest BCUT2D eigenvalue weighted by atomic mass is 35.5. The first-order valence-corrected chi connectivity index (χ1v) is 11.4. The molecule has 0 aliphatic heterocycles. The minimum Gasteiger partial charge on any atom is -1.00 e. The number of rotatable bonds is 7. The summed E-state index contributed by atoms with van der Waals surface area (Å²) in [4.78, 5) is 11.1. The van der Waals surface area contributed by atoms with Crippen molar-refractivity contribution in [3.8, 4) is 0 Å². The summed E-state index contributed by atoms with van der Waals surface area (Å²) >= 11 is 0. The van der Waals surface area contributed by atoms with Crippen LogP contribution in [0.5, 0.6) is 0 Å². The molecule has 0 aromatic heterocycles. The van der Waals surface area contributed by atoms with Crippen molar-refractivity contribution < 1.29 is 21.9 Å². The van der Waals surface area contributed by atoms with E-state index in [1.54, 1.807) is 0 Å². The summed E-state index contributed by atoms with van der Waals surface area (Å²) in [6.07, 6.45) is 2.94. The van der Waals surface area contributed by atoms with E-state index in [4.69, 9.17) is 4.74 Å². The third-order valence-electron chi connectivity index (χ3n) is 4.80. The summed E-state index contributed by atoms with van der Waals surface area (Å²) in [6.45, 7) is 3.89. The van der Waals surface area contributed by atoms with Gasteiger partial charge < -0.3 is 17.1 Å². The minimum atomic E-state index is -1.88. The Kier molecular flexibility index (Phi) is 8.64. The van der Waals surface area contributed by atoms with Crippen molar-refractivity contribution in [1.82, 2.24) is 0 Å². The van der Waals surface area contributed by atoms with Crippen LogP contribution in [-0.2, 0) is 9.53 Å². The van der Waals surface area contributed by atoms with Gasteiger partial charge in [-0.2, -0.15) is 0 Å². The molecule has 0 aliphatic rings. The van der Waals surface area contributed by atoms with Crippen LogP contribution in [0, 0.1) is 0 Å². The second kappa shape index (κ2) is 11.0. The van der Waals surface area contributed by atoms with Gasteiger partial charge in [0.15, 0.2) is 0 Å². The maximum Gasteiger partial charge on any atom is 0.302 e. The van der Waals surface area contributed by atoms with Gasteiger partial charge in [0.05, 0.1) is 6.16 Å². The second-order valence-electron chi connectivity index (χ2n) is 6.83. The molecule has 0 aliphatic carbocycles. The number of benzene rings is 3. The highest BCUT2D eigenvalue weighted by Crippen LogP contribution is 2.56. The van der Waals surface area contributed by atoms with E-state index in [2.05, 4.69) is 97.9 Å². The SMILES string of the molecule is CC(=O)OC/C=C(/C)C[P+](c1ccccc1)(c1ccccc1)c1ccccc1.[Cl-]. The maximum atomic E-state index is 11.1. The highest BCUT2D eigenvalue weighted by molar-refractivity contribution is 7.95. The molecule has 0 amide bonds. The molecule has 0 saturated carbocycles. The summed E-state index contributed by atoms with van der Waals surface area (Å²) in [7, 11) is -1.88. The molecule has 0 saturated heterocycles. The summed E-state index contributed by atoms with van der Waals surface area (Å²) in [5, 5.41) is 4.06. The van der Waals surface area contributed by atoms with Crippen molar-refractivity contribution in [2.75, 3.05) is 12.8 Å². The first kappa shape index (κ1) is 22.9. The summed E-state index contributed by atoms with van der Waals surface area (Å²) in [5.74, 6) is -0.251. The van der Waals surface area contributed by atoms with Crippen molar-refractivity contribution in [3.05, 3.63) is 103 Å². The zero-order valence-corrected chi connectivity index (χ0v) is 18.4. The normalized spacial score (nSPS) is 11.4. The number of carbonyl (C=O) groups excluding carboxylic acids is 1. The van der Waals surface area contributed by atoms with E-state index in [-0.39, 0.29) is 18.4 Å². The Labute approximate surface area is 180 Å². The van der Waals surface area contributed by atoms with Crippen LogP contribution in [-0.4, -0.2) is 18.7 Å². The molecule has 0 heterocycles. The molecule has 0 fully saturated rings. The van der Waals surface area contributed by atoms with E-state index in [1.807, 2.05) is 6.08 Å². The third kappa shape index (κ3) is 5.56. The molecule has 150 valence electrons. The van der Waals surface area contributed by atoms with Gasteiger partial charge in [0.2, 0.25) is 0 Å². The van der Waals surface area contributed by atoms with E-state index < -0.39 is 7.26 Å². The van der Waals surface area contributed by atoms with Crippen LogP contribution >= 0.6 is 7.26 Å². The van der Waals surface area contributed by atoms with E-state index >= 15 is 0 Å². The summed E-state index contributed by atoms with van der Waals surface area (Å²) in [5.41, 5.74) is 1.23. The molecule has 0 spiro atoms. The second-order valence-corrected chi connectivity index (χ2v) is 10.3. The Hall–Kier alpha value is -2.41. The lowest BCUT2D eigenvalue weighted by atomic mass is 10.3. The number of ether oxygens (including phenoxy) is 1. The summed E-state index contributed by atoms with van der Waals surface area (Å²) in [6, 6.07) is 32.4. The van der Waals surface area contributed by atoms with Gasteiger partial charge in [0.25, 0.3) is 0 Å². The van der Waals surface area contributed by atoms with Crippen LogP contribution in [0.1, 0.15) is 13.8 Å². The Morgan fingerprint density at radius 2 is 1.14 bits per heavy atom. The topological polar surface area (TPSA) is 26.3 Å². The number of carbonyl (C=O) groups is 1. The Morgan fingerprint density at radius 1 is 0.759 bits per heavy atom. The van der Waals surface area contributed by atoms with Gasteiger partial charge in [-0.3, -0.25) is 4.79 Å². The van der Waals surface area contributed by atoms with Crippen LogP contribution in [0.4, 0.5) is 0 Å². The fourth-order valence-corrected chi connectivity index (χ4v) is 7.87. The number of halogens is 1. The van der Waals surface area contributed by atoms with Crippen molar-refractivity contribution in [2.45, 2.75) is 13.8 Å². The van der Waals surface area contributed by atoms with E-state index in [1.165, 1.54) is 28.4 Å². The number of hydrogen-bond acceptors (Lipinski definition) is 2. The monoisotopic (exact) mass is 424 g/mol. The maximum absolute atomic E-state index is 11.1. The molecule has 3 aromatic carbocycles. The van der Waals surface area contributed by atoms with Crippen molar-refractivity contribution in [1.29, 1.82) is 0 Å². The van der Waals surface area contributed by atoms with Crippen molar-refractivity contribution in [3.63, 3.8) is 0 Å². The van der Waals surface area contributed by atoms with Gasteiger partial charge in [-0.25, -0.2) is 0 Å².